The van der Waals surface area contributed by atoms with Gasteiger partial charge in [0.05, 0.1) is 5.41 Å². The maximum absolute atomic E-state index is 10.0. The van der Waals surface area contributed by atoms with E-state index in [9.17, 15) is 40.2 Å². The van der Waals surface area contributed by atoms with Gasteiger partial charge in [-0.15, -0.1) is 0 Å². The van der Waals surface area contributed by atoms with Crippen molar-refractivity contribution < 1.29 is 40.2 Å². The summed E-state index contributed by atoms with van der Waals surface area (Å²) in [5, 5.41) is 80.4. The minimum absolute atomic E-state index is 0.345. The van der Waals surface area contributed by atoms with Crippen LogP contribution in [0, 0.1) is 0 Å². The Bertz CT molecular complexity index is 2370. The molecule has 12 heteroatoms. The lowest BCUT2D eigenvalue weighted by Gasteiger charge is -2.42. The fraction of sp³-hybridized carbons (Fsp3) is 0.0204. The maximum atomic E-state index is 10.0. The van der Waals surface area contributed by atoms with E-state index in [0.29, 0.717) is 21.9 Å². The van der Waals surface area contributed by atoms with Gasteiger partial charge in [-0.3, -0.25) is 0 Å². The molecular formula is C49H40B4O8. The zero-order valence-electron chi connectivity index (χ0n) is 32.9. The number of hydrogen-bond donors (Lipinski definition) is 8. The van der Waals surface area contributed by atoms with Gasteiger partial charge in [-0.25, -0.2) is 0 Å². The standard InChI is InChI=1S/C49H40B4O8/c54-50(55)37-25-17-33(18-26-37)41-9-1-5-13-45(41)49(46-14-6-2-10-42(46)34-19-27-38(28-20-34)51(56)57,47-15-7-3-11-43(47)35-21-29-39(30-22-35)52(58)59)48-16-8-4-12-44(48)36-23-31-40(32-24-36)53(60)61/h1-32,54-61H. The van der Waals surface area contributed by atoms with Gasteiger partial charge in [-0.05, 0) is 88.6 Å². The van der Waals surface area contributed by atoms with E-state index in [2.05, 4.69) is 48.5 Å². The van der Waals surface area contributed by atoms with Gasteiger partial charge in [0, 0.05) is 0 Å². The second kappa shape index (κ2) is 17.7. The molecular weight excluding hydrogens is 760 g/mol. The Morgan fingerprint density at radius 2 is 0.410 bits per heavy atom. The number of hydrogen-bond acceptors (Lipinski definition) is 8. The number of rotatable bonds is 12. The van der Waals surface area contributed by atoms with Crippen molar-refractivity contribution in [2.45, 2.75) is 5.41 Å². The van der Waals surface area contributed by atoms with E-state index in [0.717, 1.165) is 66.8 Å². The van der Waals surface area contributed by atoms with E-state index in [1.807, 2.05) is 97.1 Å². The topological polar surface area (TPSA) is 162 Å². The zero-order chi connectivity index (χ0) is 42.7. The third-order valence-corrected chi connectivity index (χ3v) is 11.4. The second-order valence-electron chi connectivity index (χ2n) is 14.9. The number of benzene rings is 8. The molecule has 296 valence electrons. The second-order valence-corrected chi connectivity index (χ2v) is 14.9. The van der Waals surface area contributed by atoms with Crippen molar-refractivity contribution in [1.82, 2.24) is 0 Å². The molecule has 8 N–H and O–H groups in total. The largest absolute Gasteiger partial charge is 0.488 e. The maximum Gasteiger partial charge on any atom is 0.488 e. The molecule has 0 aliphatic carbocycles. The van der Waals surface area contributed by atoms with Crippen LogP contribution in [-0.4, -0.2) is 68.7 Å². The lowest BCUT2D eigenvalue weighted by atomic mass is 9.59. The van der Waals surface area contributed by atoms with E-state index < -0.39 is 33.9 Å². The van der Waals surface area contributed by atoms with Crippen LogP contribution < -0.4 is 21.9 Å². The van der Waals surface area contributed by atoms with Gasteiger partial charge >= 0.3 is 28.5 Å². The molecule has 0 saturated carbocycles. The molecule has 0 aliphatic heterocycles. The van der Waals surface area contributed by atoms with E-state index in [-0.39, 0.29) is 0 Å². The highest BCUT2D eigenvalue weighted by molar-refractivity contribution is 6.59. The van der Waals surface area contributed by atoms with Crippen LogP contribution in [0.2, 0.25) is 0 Å². The van der Waals surface area contributed by atoms with Crippen LogP contribution in [0.5, 0.6) is 0 Å². The lowest BCUT2D eigenvalue weighted by Crippen LogP contribution is -2.34. The Morgan fingerprint density at radius 1 is 0.230 bits per heavy atom. The van der Waals surface area contributed by atoms with E-state index >= 15 is 0 Å². The first-order chi connectivity index (χ1) is 29.6. The molecule has 61 heavy (non-hydrogen) atoms. The smallest absolute Gasteiger partial charge is 0.423 e. The summed E-state index contributed by atoms with van der Waals surface area (Å²) < 4.78 is 0. The minimum atomic E-state index is -1.65. The molecule has 0 saturated heterocycles. The molecule has 8 aromatic carbocycles. The average molecular weight is 800 g/mol. The van der Waals surface area contributed by atoms with Crippen molar-refractivity contribution in [2.24, 2.45) is 0 Å². The normalized spacial score (nSPS) is 11.3. The molecule has 0 aromatic heterocycles. The summed E-state index contributed by atoms with van der Waals surface area (Å²) >= 11 is 0. The molecule has 0 radical (unpaired) electrons. The highest BCUT2D eigenvalue weighted by atomic mass is 16.4. The van der Waals surface area contributed by atoms with Crippen LogP contribution in [0.15, 0.2) is 194 Å². The first-order valence-corrected chi connectivity index (χ1v) is 19.8. The predicted molar refractivity (Wildman–Crippen MR) is 246 cm³/mol. The first-order valence-electron chi connectivity index (χ1n) is 19.8. The Hall–Kier alpha value is -6.30. The Balaban J connectivity index is 1.57. The van der Waals surface area contributed by atoms with Crippen LogP contribution in [0.4, 0.5) is 0 Å². The Morgan fingerprint density at radius 3 is 0.590 bits per heavy atom. The quantitative estimate of drug-likeness (QED) is 0.0690. The van der Waals surface area contributed by atoms with Crippen LogP contribution in [-0.2, 0) is 5.41 Å². The SMILES string of the molecule is OB(O)c1ccc(-c2ccccc2C(c2ccccc2-c2ccc(B(O)O)cc2)(c2ccccc2-c2ccc(B(O)O)cc2)c2ccccc2-c2ccc(B(O)O)cc2)cc1. The Kier molecular flexibility index (Phi) is 12.0. The third-order valence-electron chi connectivity index (χ3n) is 11.4. The lowest BCUT2D eigenvalue weighted by molar-refractivity contribution is 0.424. The van der Waals surface area contributed by atoms with Gasteiger partial charge in [0.1, 0.15) is 0 Å². The van der Waals surface area contributed by atoms with Crippen molar-refractivity contribution in [3.8, 4) is 44.5 Å². The van der Waals surface area contributed by atoms with Gasteiger partial charge in [0.15, 0.2) is 0 Å². The fourth-order valence-electron chi connectivity index (χ4n) is 8.46. The predicted octanol–water partition coefficient (Wildman–Crippen LogP) is 3.46. The molecule has 0 fully saturated rings. The third kappa shape index (κ3) is 8.03. The van der Waals surface area contributed by atoms with Gasteiger partial charge in [-0.2, -0.15) is 0 Å². The molecule has 0 unspecified atom stereocenters. The Labute approximate surface area is 355 Å². The highest BCUT2D eigenvalue weighted by Gasteiger charge is 2.44. The van der Waals surface area contributed by atoms with Crippen LogP contribution >= 0.6 is 0 Å². The van der Waals surface area contributed by atoms with Crippen LogP contribution in [0.3, 0.4) is 0 Å². The average Bonchev–Trinajstić information content (AvgIpc) is 3.30. The van der Waals surface area contributed by atoms with Crippen molar-refractivity contribution >= 4 is 50.3 Å². The first kappa shape index (κ1) is 41.4. The van der Waals surface area contributed by atoms with E-state index in [1.165, 1.54) is 0 Å². The molecule has 0 bridgehead atoms. The summed E-state index contributed by atoms with van der Waals surface area (Å²) in [6.45, 7) is 0. The van der Waals surface area contributed by atoms with Gasteiger partial charge in [0.25, 0.3) is 0 Å². The molecule has 0 amide bonds. The van der Waals surface area contributed by atoms with E-state index in [1.54, 1.807) is 48.5 Å². The summed E-state index contributed by atoms with van der Waals surface area (Å²) in [5.41, 5.74) is 10.4. The van der Waals surface area contributed by atoms with Crippen molar-refractivity contribution in [2.75, 3.05) is 0 Å². The molecule has 8 nitrogen and oxygen atoms in total. The summed E-state index contributed by atoms with van der Waals surface area (Å²) in [4.78, 5) is 0. The summed E-state index contributed by atoms with van der Waals surface area (Å²) in [6, 6.07) is 61.1. The zero-order valence-corrected chi connectivity index (χ0v) is 32.9. The van der Waals surface area contributed by atoms with Crippen LogP contribution in [0.1, 0.15) is 22.3 Å². The van der Waals surface area contributed by atoms with E-state index in [4.69, 9.17) is 0 Å². The molecule has 0 aliphatic rings. The fourth-order valence-corrected chi connectivity index (χ4v) is 8.46. The summed E-state index contributed by atoms with van der Waals surface area (Å²) in [7, 11) is -6.60. The molecule has 8 rings (SSSR count). The molecule has 8 aromatic rings. The monoisotopic (exact) mass is 800 g/mol. The van der Waals surface area contributed by atoms with Crippen molar-refractivity contribution in [3.05, 3.63) is 216 Å². The molecule has 0 atom stereocenters. The van der Waals surface area contributed by atoms with Crippen LogP contribution in [0.25, 0.3) is 44.5 Å². The highest BCUT2D eigenvalue weighted by Crippen LogP contribution is 2.55. The molecule has 0 heterocycles. The van der Waals surface area contributed by atoms with Gasteiger partial charge < -0.3 is 40.2 Å². The summed E-state index contributed by atoms with van der Waals surface area (Å²) in [6.07, 6.45) is 0. The molecule has 0 spiro atoms. The van der Waals surface area contributed by atoms with Gasteiger partial charge in [0.2, 0.25) is 0 Å². The van der Waals surface area contributed by atoms with Crippen molar-refractivity contribution in [1.29, 1.82) is 0 Å². The van der Waals surface area contributed by atoms with Gasteiger partial charge in [-0.1, -0.05) is 194 Å². The van der Waals surface area contributed by atoms with Crippen molar-refractivity contribution in [3.63, 3.8) is 0 Å². The summed E-state index contributed by atoms with van der Waals surface area (Å²) in [5.74, 6) is 0. The minimum Gasteiger partial charge on any atom is -0.423 e.